The van der Waals surface area contributed by atoms with E-state index in [0.29, 0.717) is 23.6 Å². The van der Waals surface area contributed by atoms with Crippen molar-refractivity contribution in [2.75, 3.05) is 5.32 Å². The number of rotatable bonds is 4. The molecule has 0 atom stereocenters. The van der Waals surface area contributed by atoms with Gasteiger partial charge in [0.25, 0.3) is 0 Å². The smallest absolute Gasteiger partial charge is 0.354 e. The lowest BCUT2D eigenvalue weighted by atomic mass is 10.1. The van der Waals surface area contributed by atoms with Crippen LogP contribution in [-0.4, -0.2) is 26.2 Å². The molecule has 0 saturated carbocycles. The van der Waals surface area contributed by atoms with E-state index in [1.54, 1.807) is 6.07 Å². The lowest BCUT2D eigenvalue weighted by Gasteiger charge is -2.09. The van der Waals surface area contributed by atoms with Gasteiger partial charge in [0.15, 0.2) is 11.5 Å². The molecule has 0 aliphatic heterocycles. The maximum atomic E-state index is 11.1. The summed E-state index contributed by atoms with van der Waals surface area (Å²) >= 11 is 0. The van der Waals surface area contributed by atoms with Crippen molar-refractivity contribution in [2.45, 2.75) is 6.54 Å². The summed E-state index contributed by atoms with van der Waals surface area (Å²) < 4.78 is 4.64. The van der Waals surface area contributed by atoms with Crippen molar-refractivity contribution in [3.63, 3.8) is 0 Å². The number of hydrogen-bond donors (Lipinski definition) is 2. The molecule has 0 fully saturated rings. The van der Waals surface area contributed by atoms with Crippen LogP contribution in [0, 0.1) is 0 Å². The first kappa shape index (κ1) is 12.1. The van der Waals surface area contributed by atoms with Crippen LogP contribution in [0.5, 0.6) is 0 Å². The van der Waals surface area contributed by atoms with Crippen molar-refractivity contribution >= 4 is 22.6 Å². The largest absolute Gasteiger partial charge is 0.477 e. The lowest BCUT2D eigenvalue weighted by Crippen LogP contribution is -2.06. The van der Waals surface area contributed by atoms with Gasteiger partial charge >= 0.3 is 5.97 Å². The summed E-state index contributed by atoms with van der Waals surface area (Å²) in [5.41, 5.74) is 1.26. The number of carboxylic acids is 1. The molecule has 7 nitrogen and oxygen atoms in total. The minimum absolute atomic E-state index is 0.0145. The number of anilines is 1. The molecule has 0 bridgehead atoms. The van der Waals surface area contributed by atoms with Crippen molar-refractivity contribution in [3.05, 3.63) is 48.2 Å². The number of pyridine rings is 1. The summed E-state index contributed by atoms with van der Waals surface area (Å²) in [6.45, 7) is 0.337. The van der Waals surface area contributed by atoms with Crippen LogP contribution in [0.15, 0.2) is 41.2 Å². The average Bonchev–Trinajstić information content (AvgIpc) is 2.97. The van der Waals surface area contributed by atoms with Crippen LogP contribution in [0.1, 0.15) is 16.3 Å². The topological polar surface area (TPSA) is 101 Å². The number of hydrogen-bond acceptors (Lipinski definition) is 6. The molecule has 0 aliphatic carbocycles. The maximum Gasteiger partial charge on any atom is 0.354 e. The predicted molar refractivity (Wildman–Crippen MR) is 70.3 cm³/mol. The standard InChI is InChI=1S/C13H10N4O3/c18-13(19)11-5-10(14-6-12-15-7-20-17-12)8-3-1-2-4-9(8)16-11/h1-5,7H,6H2,(H,14,16)(H,18,19). The van der Waals surface area contributed by atoms with Crippen molar-refractivity contribution in [3.8, 4) is 0 Å². The number of benzene rings is 1. The first-order chi connectivity index (χ1) is 9.74. The van der Waals surface area contributed by atoms with Gasteiger partial charge in [-0.3, -0.25) is 0 Å². The summed E-state index contributed by atoms with van der Waals surface area (Å²) in [5, 5.41) is 16.7. The van der Waals surface area contributed by atoms with E-state index in [4.69, 9.17) is 5.11 Å². The van der Waals surface area contributed by atoms with Crippen LogP contribution < -0.4 is 5.32 Å². The highest BCUT2D eigenvalue weighted by molar-refractivity contribution is 5.97. The highest BCUT2D eigenvalue weighted by atomic mass is 16.5. The number of fused-ring (bicyclic) bond motifs is 1. The van der Waals surface area contributed by atoms with Gasteiger partial charge in [-0.25, -0.2) is 9.78 Å². The van der Waals surface area contributed by atoms with Gasteiger partial charge in [0.05, 0.1) is 12.1 Å². The van der Waals surface area contributed by atoms with Crippen molar-refractivity contribution in [1.29, 1.82) is 0 Å². The molecule has 7 heteroatoms. The second-order valence-electron chi connectivity index (χ2n) is 4.08. The third-order valence-electron chi connectivity index (χ3n) is 2.78. The van der Waals surface area contributed by atoms with E-state index in [1.807, 2.05) is 18.2 Å². The highest BCUT2D eigenvalue weighted by Gasteiger charge is 2.11. The van der Waals surface area contributed by atoms with Gasteiger partial charge in [-0.05, 0) is 12.1 Å². The summed E-state index contributed by atoms with van der Waals surface area (Å²) in [5.74, 6) is -0.582. The summed E-state index contributed by atoms with van der Waals surface area (Å²) in [6, 6.07) is 8.80. The third-order valence-corrected chi connectivity index (χ3v) is 2.78. The molecule has 20 heavy (non-hydrogen) atoms. The van der Waals surface area contributed by atoms with Gasteiger partial charge in [0, 0.05) is 11.1 Å². The van der Waals surface area contributed by atoms with Gasteiger partial charge in [0.1, 0.15) is 0 Å². The van der Waals surface area contributed by atoms with Crippen LogP contribution >= 0.6 is 0 Å². The molecule has 3 rings (SSSR count). The fourth-order valence-corrected chi connectivity index (χ4v) is 1.88. The summed E-state index contributed by atoms with van der Waals surface area (Å²) in [6.07, 6.45) is 1.24. The number of carbonyl (C=O) groups is 1. The minimum Gasteiger partial charge on any atom is -0.477 e. The Balaban J connectivity index is 2.00. The number of carboxylic acid groups (broad SMARTS) is 1. The second-order valence-corrected chi connectivity index (χ2v) is 4.08. The molecule has 0 radical (unpaired) electrons. The molecule has 0 aliphatic rings. The predicted octanol–water partition coefficient (Wildman–Crippen LogP) is 1.93. The zero-order valence-corrected chi connectivity index (χ0v) is 10.3. The third kappa shape index (κ3) is 2.28. The average molecular weight is 270 g/mol. The molecular formula is C13H10N4O3. The zero-order chi connectivity index (χ0) is 13.9. The SMILES string of the molecule is O=C(O)c1cc(NCc2ncon2)c2ccccc2n1. The molecule has 2 heterocycles. The highest BCUT2D eigenvalue weighted by Crippen LogP contribution is 2.23. The Morgan fingerprint density at radius 1 is 1.35 bits per heavy atom. The van der Waals surface area contributed by atoms with Crippen molar-refractivity contribution in [2.24, 2.45) is 0 Å². The van der Waals surface area contributed by atoms with Gasteiger partial charge in [-0.2, -0.15) is 4.98 Å². The molecule has 0 spiro atoms. The Morgan fingerprint density at radius 3 is 2.95 bits per heavy atom. The molecular weight excluding hydrogens is 260 g/mol. The number of aromatic carboxylic acids is 1. The zero-order valence-electron chi connectivity index (χ0n) is 10.3. The van der Waals surface area contributed by atoms with Crippen molar-refractivity contribution in [1.82, 2.24) is 15.1 Å². The van der Waals surface area contributed by atoms with Crippen molar-refractivity contribution < 1.29 is 14.4 Å². The number of nitrogens with zero attached hydrogens (tertiary/aromatic N) is 3. The Hall–Kier alpha value is -2.96. The molecule has 1 aromatic carbocycles. The molecule has 0 amide bonds. The van der Waals surface area contributed by atoms with Gasteiger partial charge in [0.2, 0.25) is 6.39 Å². The molecule has 2 aromatic heterocycles. The normalized spacial score (nSPS) is 10.6. The van der Waals surface area contributed by atoms with Crippen LogP contribution in [0.4, 0.5) is 5.69 Å². The molecule has 0 unspecified atom stereocenters. The van der Waals surface area contributed by atoms with E-state index in [-0.39, 0.29) is 5.69 Å². The van der Waals surface area contributed by atoms with Crippen LogP contribution in [-0.2, 0) is 6.54 Å². The quantitative estimate of drug-likeness (QED) is 0.746. The van der Waals surface area contributed by atoms with E-state index >= 15 is 0 Å². The van der Waals surface area contributed by atoms with Gasteiger partial charge in [-0.15, -0.1) is 0 Å². The number of aromatic nitrogens is 3. The fraction of sp³-hybridized carbons (Fsp3) is 0.0769. The van der Waals surface area contributed by atoms with E-state index in [1.165, 1.54) is 12.5 Å². The maximum absolute atomic E-state index is 11.1. The van der Waals surface area contributed by atoms with Gasteiger partial charge < -0.3 is 14.9 Å². The fourth-order valence-electron chi connectivity index (χ4n) is 1.88. The number of para-hydroxylation sites is 1. The van der Waals surface area contributed by atoms with E-state index in [0.717, 1.165) is 5.39 Å². The van der Waals surface area contributed by atoms with Crippen LogP contribution in [0.25, 0.3) is 10.9 Å². The monoisotopic (exact) mass is 270 g/mol. The van der Waals surface area contributed by atoms with Gasteiger partial charge in [-0.1, -0.05) is 23.4 Å². The Labute approximate surface area is 113 Å². The summed E-state index contributed by atoms with van der Waals surface area (Å²) in [4.78, 5) is 19.1. The van der Waals surface area contributed by atoms with E-state index < -0.39 is 5.97 Å². The molecule has 3 aromatic rings. The molecule has 2 N–H and O–H groups in total. The first-order valence-corrected chi connectivity index (χ1v) is 5.86. The molecule has 0 saturated heterocycles. The van der Waals surface area contributed by atoms with E-state index in [2.05, 4.69) is 25.0 Å². The second kappa shape index (κ2) is 4.96. The first-order valence-electron chi connectivity index (χ1n) is 5.86. The molecule has 100 valence electrons. The minimum atomic E-state index is -1.07. The lowest BCUT2D eigenvalue weighted by molar-refractivity contribution is 0.0691. The summed E-state index contributed by atoms with van der Waals surface area (Å²) in [7, 11) is 0. The van der Waals surface area contributed by atoms with Crippen LogP contribution in [0.2, 0.25) is 0 Å². The van der Waals surface area contributed by atoms with E-state index in [9.17, 15) is 4.79 Å². The Bertz CT molecular complexity index is 755. The Kier molecular flexibility index (Phi) is 3.00. The number of nitrogens with one attached hydrogen (secondary N) is 1. The Morgan fingerprint density at radius 2 is 2.20 bits per heavy atom. The van der Waals surface area contributed by atoms with Crippen LogP contribution in [0.3, 0.4) is 0 Å².